The lowest BCUT2D eigenvalue weighted by atomic mass is 10.2. The van der Waals surface area contributed by atoms with Gasteiger partial charge in [0.1, 0.15) is 5.56 Å². The molecule has 0 aliphatic rings. The van der Waals surface area contributed by atoms with E-state index in [0.717, 1.165) is 0 Å². The molecular formula is C11H12ClN3O3. The Morgan fingerprint density at radius 3 is 3.00 bits per heavy atom. The molecule has 0 saturated carbocycles. The molecule has 0 atom stereocenters. The molecular weight excluding hydrogens is 258 g/mol. The summed E-state index contributed by atoms with van der Waals surface area (Å²) in [7, 11) is 1.53. The molecule has 0 saturated heterocycles. The first-order valence-electron chi connectivity index (χ1n) is 5.36. The van der Waals surface area contributed by atoms with Crippen molar-refractivity contribution < 1.29 is 14.3 Å². The van der Waals surface area contributed by atoms with Gasteiger partial charge in [-0.2, -0.15) is 5.10 Å². The van der Waals surface area contributed by atoms with Gasteiger partial charge in [0.2, 0.25) is 0 Å². The number of methoxy groups -OCH3 is 1. The Hall–Kier alpha value is -1.66. The van der Waals surface area contributed by atoms with Crippen LogP contribution in [0, 0.1) is 0 Å². The minimum atomic E-state index is -0.453. The molecule has 0 aliphatic heterocycles. The summed E-state index contributed by atoms with van der Waals surface area (Å²) in [5.74, 6) is -0.453. The van der Waals surface area contributed by atoms with E-state index in [1.807, 2.05) is 0 Å². The molecule has 0 N–H and O–H groups in total. The largest absolute Gasteiger partial charge is 0.462 e. The van der Waals surface area contributed by atoms with Gasteiger partial charge in [0.15, 0.2) is 10.8 Å². The summed E-state index contributed by atoms with van der Waals surface area (Å²) in [6.07, 6.45) is 1.44. The predicted octanol–water partition coefficient (Wildman–Crippen LogP) is 1.71. The van der Waals surface area contributed by atoms with Gasteiger partial charge >= 0.3 is 5.97 Å². The summed E-state index contributed by atoms with van der Waals surface area (Å²) >= 11 is 5.82. The summed E-state index contributed by atoms with van der Waals surface area (Å²) in [6.45, 7) is 2.25. The maximum absolute atomic E-state index is 11.8. The molecule has 2 aromatic heterocycles. The van der Waals surface area contributed by atoms with Crippen LogP contribution in [0.3, 0.4) is 0 Å². The molecule has 0 spiro atoms. The van der Waals surface area contributed by atoms with Crippen LogP contribution < -0.4 is 0 Å². The molecule has 0 fully saturated rings. The van der Waals surface area contributed by atoms with E-state index in [-0.39, 0.29) is 6.61 Å². The number of nitrogens with zero attached hydrogens (tertiary/aromatic N) is 3. The highest BCUT2D eigenvalue weighted by Gasteiger charge is 2.17. The first-order valence-corrected chi connectivity index (χ1v) is 5.74. The summed E-state index contributed by atoms with van der Waals surface area (Å²) in [5.41, 5.74) is 1.44. The molecule has 6 nitrogen and oxygen atoms in total. The van der Waals surface area contributed by atoms with Crippen LogP contribution in [0.5, 0.6) is 0 Å². The van der Waals surface area contributed by atoms with E-state index in [2.05, 4.69) is 10.1 Å². The molecule has 0 bridgehead atoms. The third-order valence-corrected chi connectivity index (χ3v) is 2.51. The number of hydrogen-bond donors (Lipinski definition) is 0. The average Bonchev–Trinajstić information content (AvgIpc) is 2.71. The van der Waals surface area contributed by atoms with Crippen LogP contribution in [0.15, 0.2) is 12.3 Å². The van der Waals surface area contributed by atoms with Gasteiger partial charge in [0, 0.05) is 19.4 Å². The average molecular weight is 270 g/mol. The second-order valence-corrected chi connectivity index (χ2v) is 3.90. The van der Waals surface area contributed by atoms with Crippen LogP contribution in [0.1, 0.15) is 23.0 Å². The van der Waals surface area contributed by atoms with E-state index in [9.17, 15) is 4.79 Å². The van der Waals surface area contributed by atoms with Gasteiger partial charge in [-0.1, -0.05) is 11.6 Å². The van der Waals surface area contributed by atoms with Gasteiger partial charge in [-0.3, -0.25) is 0 Å². The number of aromatic nitrogens is 3. The van der Waals surface area contributed by atoms with Gasteiger partial charge in [-0.15, -0.1) is 0 Å². The standard InChI is InChI=1S/C11H12ClN3O3/c1-3-18-11(16)7-5-13-10-4-9(12)14-15(10)8(7)6-17-2/h4-5H,3,6H2,1-2H3. The van der Waals surface area contributed by atoms with Crippen LogP contribution in [-0.4, -0.2) is 34.3 Å². The highest BCUT2D eigenvalue weighted by molar-refractivity contribution is 6.29. The van der Waals surface area contributed by atoms with Crippen molar-refractivity contribution in [2.75, 3.05) is 13.7 Å². The third kappa shape index (κ3) is 2.30. The summed E-state index contributed by atoms with van der Waals surface area (Å²) < 4.78 is 11.5. The van der Waals surface area contributed by atoms with E-state index in [0.29, 0.717) is 28.7 Å². The zero-order valence-electron chi connectivity index (χ0n) is 10.0. The Labute approximate surface area is 108 Å². The highest BCUT2D eigenvalue weighted by atomic mass is 35.5. The fourth-order valence-electron chi connectivity index (χ4n) is 1.61. The molecule has 0 unspecified atom stereocenters. The highest BCUT2D eigenvalue weighted by Crippen LogP contribution is 2.16. The molecule has 96 valence electrons. The molecule has 0 aromatic carbocycles. The smallest absolute Gasteiger partial charge is 0.341 e. The number of halogens is 1. The zero-order chi connectivity index (χ0) is 13.1. The van der Waals surface area contributed by atoms with Crippen molar-refractivity contribution in [3.63, 3.8) is 0 Å². The number of rotatable bonds is 4. The Morgan fingerprint density at radius 2 is 2.33 bits per heavy atom. The fraction of sp³-hybridized carbons (Fsp3) is 0.364. The number of carbonyl (C=O) groups excluding carboxylic acids is 1. The normalized spacial score (nSPS) is 10.8. The Morgan fingerprint density at radius 1 is 1.56 bits per heavy atom. The first kappa shape index (κ1) is 12.8. The van der Waals surface area contributed by atoms with Crippen molar-refractivity contribution in [3.05, 3.63) is 28.7 Å². The van der Waals surface area contributed by atoms with Crippen molar-refractivity contribution in [2.45, 2.75) is 13.5 Å². The maximum Gasteiger partial charge on any atom is 0.341 e. The number of fused-ring (bicyclic) bond motifs is 1. The van der Waals surface area contributed by atoms with Gasteiger partial charge in [0.05, 0.1) is 18.9 Å². The molecule has 2 heterocycles. The number of hydrogen-bond acceptors (Lipinski definition) is 5. The van der Waals surface area contributed by atoms with Crippen molar-refractivity contribution in [3.8, 4) is 0 Å². The summed E-state index contributed by atoms with van der Waals surface area (Å²) in [4.78, 5) is 15.9. The second kappa shape index (κ2) is 5.32. The monoisotopic (exact) mass is 269 g/mol. The lowest BCUT2D eigenvalue weighted by Gasteiger charge is -2.09. The Kier molecular flexibility index (Phi) is 3.78. The van der Waals surface area contributed by atoms with Crippen molar-refractivity contribution in [2.24, 2.45) is 0 Å². The zero-order valence-corrected chi connectivity index (χ0v) is 10.8. The van der Waals surface area contributed by atoms with Crippen LogP contribution in [0.4, 0.5) is 0 Å². The molecule has 7 heteroatoms. The Bertz CT molecular complexity index is 582. The Balaban J connectivity index is 2.58. The topological polar surface area (TPSA) is 65.7 Å². The minimum absolute atomic E-state index is 0.213. The van der Waals surface area contributed by atoms with Crippen molar-refractivity contribution >= 4 is 23.2 Å². The van der Waals surface area contributed by atoms with Crippen LogP contribution >= 0.6 is 11.6 Å². The van der Waals surface area contributed by atoms with E-state index < -0.39 is 5.97 Å². The predicted molar refractivity (Wildman–Crippen MR) is 64.7 cm³/mol. The van der Waals surface area contributed by atoms with Gasteiger partial charge in [-0.05, 0) is 6.92 Å². The first-order chi connectivity index (χ1) is 8.67. The second-order valence-electron chi connectivity index (χ2n) is 3.51. The van der Waals surface area contributed by atoms with Gasteiger partial charge < -0.3 is 9.47 Å². The number of carbonyl (C=O) groups is 1. The van der Waals surface area contributed by atoms with Crippen LogP contribution in [-0.2, 0) is 16.1 Å². The van der Waals surface area contributed by atoms with Crippen molar-refractivity contribution in [1.82, 2.24) is 14.6 Å². The van der Waals surface area contributed by atoms with Gasteiger partial charge in [0.25, 0.3) is 0 Å². The van der Waals surface area contributed by atoms with E-state index >= 15 is 0 Å². The molecule has 0 radical (unpaired) electrons. The van der Waals surface area contributed by atoms with Crippen LogP contribution in [0.2, 0.25) is 5.15 Å². The molecule has 0 aliphatic carbocycles. The lowest BCUT2D eigenvalue weighted by molar-refractivity contribution is 0.0519. The lowest BCUT2D eigenvalue weighted by Crippen LogP contribution is -2.14. The summed E-state index contributed by atoms with van der Waals surface area (Å²) in [5, 5.41) is 4.37. The number of esters is 1. The van der Waals surface area contributed by atoms with Crippen LogP contribution in [0.25, 0.3) is 5.65 Å². The van der Waals surface area contributed by atoms with Gasteiger partial charge in [-0.25, -0.2) is 14.3 Å². The van der Waals surface area contributed by atoms with E-state index in [1.54, 1.807) is 13.0 Å². The third-order valence-electron chi connectivity index (χ3n) is 2.33. The SMILES string of the molecule is CCOC(=O)c1cnc2cc(Cl)nn2c1COC. The molecule has 18 heavy (non-hydrogen) atoms. The molecule has 2 rings (SSSR count). The fourth-order valence-corrected chi connectivity index (χ4v) is 1.78. The molecule has 0 amide bonds. The molecule has 2 aromatic rings. The quantitative estimate of drug-likeness (QED) is 0.791. The van der Waals surface area contributed by atoms with E-state index in [4.69, 9.17) is 21.1 Å². The van der Waals surface area contributed by atoms with Crippen molar-refractivity contribution in [1.29, 1.82) is 0 Å². The summed E-state index contributed by atoms with van der Waals surface area (Å²) in [6, 6.07) is 1.61. The minimum Gasteiger partial charge on any atom is -0.462 e. The number of ether oxygens (including phenoxy) is 2. The van der Waals surface area contributed by atoms with E-state index in [1.165, 1.54) is 17.8 Å². The maximum atomic E-state index is 11.8.